The molecule has 27 heavy (non-hydrogen) atoms. The van der Waals surface area contributed by atoms with E-state index in [0.717, 1.165) is 37.3 Å². The van der Waals surface area contributed by atoms with Crippen LogP contribution in [-0.2, 0) is 6.54 Å². The second-order valence-electron chi connectivity index (χ2n) is 6.60. The first-order valence-electron chi connectivity index (χ1n) is 8.88. The summed E-state index contributed by atoms with van der Waals surface area (Å²) in [5.74, 6) is -0.303. The summed E-state index contributed by atoms with van der Waals surface area (Å²) in [5, 5.41) is 5.00. The number of benzene rings is 1. The lowest BCUT2D eigenvalue weighted by Gasteiger charge is -2.13. The molecule has 0 atom stereocenters. The second kappa shape index (κ2) is 7.19. The van der Waals surface area contributed by atoms with Gasteiger partial charge in [0.25, 0.3) is 0 Å². The number of fused-ring (bicyclic) bond motifs is 1. The number of likely N-dealkylation sites (tertiary alicyclic amines) is 1. The van der Waals surface area contributed by atoms with E-state index >= 15 is 0 Å². The molecule has 4 rings (SSSR count). The van der Waals surface area contributed by atoms with Crippen molar-refractivity contribution in [3.8, 4) is 16.9 Å². The summed E-state index contributed by atoms with van der Waals surface area (Å²) in [6.07, 6.45) is 2.87. The predicted octanol–water partition coefficient (Wildman–Crippen LogP) is 4.09. The minimum atomic E-state index is -4.76. The lowest BCUT2D eigenvalue weighted by atomic mass is 10.0. The Bertz CT molecular complexity index is 932. The van der Waals surface area contributed by atoms with E-state index in [9.17, 15) is 13.2 Å². The molecule has 0 bridgehead atoms. The van der Waals surface area contributed by atoms with Gasteiger partial charge in [0.15, 0.2) is 5.75 Å². The van der Waals surface area contributed by atoms with E-state index in [1.165, 1.54) is 31.2 Å². The van der Waals surface area contributed by atoms with Crippen LogP contribution in [0.4, 0.5) is 13.2 Å². The molecule has 1 aliphatic heterocycles. The zero-order valence-electron chi connectivity index (χ0n) is 14.6. The van der Waals surface area contributed by atoms with E-state index in [1.54, 1.807) is 18.3 Å². The second-order valence-corrected chi connectivity index (χ2v) is 6.60. The summed E-state index contributed by atoms with van der Waals surface area (Å²) >= 11 is 0. The van der Waals surface area contributed by atoms with Gasteiger partial charge in [-0.25, -0.2) is 0 Å². The number of ether oxygens (including phenoxy) is 1. The van der Waals surface area contributed by atoms with Crippen molar-refractivity contribution in [1.29, 1.82) is 0 Å². The Morgan fingerprint density at radius 1 is 1.07 bits per heavy atom. The van der Waals surface area contributed by atoms with Crippen molar-refractivity contribution < 1.29 is 17.9 Å². The quantitative estimate of drug-likeness (QED) is 0.673. The molecule has 0 aliphatic carbocycles. The highest BCUT2D eigenvalue weighted by molar-refractivity contribution is 5.97. The van der Waals surface area contributed by atoms with E-state index in [-0.39, 0.29) is 11.3 Å². The van der Waals surface area contributed by atoms with Crippen LogP contribution < -0.4 is 4.74 Å². The number of alkyl halides is 3. The molecule has 1 fully saturated rings. The van der Waals surface area contributed by atoms with Gasteiger partial charge in [-0.15, -0.1) is 13.2 Å². The van der Waals surface area contributed by atoms with Crippen LogP contribution in [0.2, 0.25) is 0 Å². The van der Waals surface area contributed by atoms with E-state index in [2.05, 4.69) is 19.7 Å². The normalized spacial score (nSPS) is 15.5. The van der Waals surface area contributed by atoms with Gasteiger partial charge in [-0.1, -0.05) is 12.1 Å². The molecular weight excluding hydrogens is 357 g/mol. The van der Waals surface area contributed by atoms with Crippen molar-refractivity contribution in [3.63, 3.8) is 0 Å². The fourth-order valence-corrected chi connectivity index (χ4v) is 3.48. The summed E-state index contributed by atoms with van der Waals surface area (Å²) in [7, 11) is 0. The zero-order chi connectivity index (χ0) is 18.9. The molecule has 0 unspecified atom stereocenters. The third-order valence-corrected chi connectivity index (χ3v) is 4.75. The van der Waals surface area contributed by atoms with Crippen LogP contribution in [0.25, 0.3) is 22.0 Å². The molecule has 1 aromatic carbocycles. The first-order chi connectivity index (χ1) is 13.0. The number of pyridine rings is 1. The van der Waals surface area contributed by atoms with Gasteiger partial charge in [-0.05, 0) is 43.6 Å². The van der Waals surface area contributed by atoms with Crippen LogP contribution in [0, 0.1) is 0 Å². The maximum absolute atomic E-state index is 12.6. The number of halogens is 3. The molecule has 0 radical (unpaired) electrons. The van der Waals surface area contributed by atoms with Crippen LogP contribution in [0.5, 0.6) is 5.75 Å². The number of aromatic nitrogens is 3. The maximum Gasteiger partial charge on any atom is 0.573 e. The number of rotatable bonds is 5. The lowest BCUT2D eigenvalue weighted by Crippen LogP contribution is -2.24. The molecule has 142 valence electrons. The van der Waals surface area contributed by atoms with Crippen molar-refractivity contribution >= 4 is 10.9 Å². The standard InChI is InChI=1S/C19H19F3N4O/c20-19(21,22)27-17-5-3-4-16-15(6-7-23-18(16)17)14-12-24-26(13-14)11-10-25-8-1-2-9-25/h3-7,12-13H,1-2,8-11H2. The molecule has 0 N–H and O–H groups in total. The molecular formula is C19H19F3N4O. The summed E-state index contributed by atoms with van der Waals surface area (Å²) in [5.41, 5.74) is 1.80. The van der Waals surface area contributed by atoms with Crippen LogP contribution in [0.1, 0.15) is 12.8 Å². The Morgan fingerprint density at radius 2 is 1.89 bits per heavy atom. The Labute approximate surface area is 154 Å². The Kier molecular flexibility index (Phi) is 4.73. The van der Waals surface area contributed by atoms with Crippen molar-refractivity contribution in [3.05, 3.63) is 42.9 Å². The van der Waals surface area contributed by atoms with Crippen molar-refractivity contribution in [2.45, 2.75) is 25.7 Å². The fourth-order valence-electron chi connectivity index (χ4n) is 3.48. The van der Waals surface area contributed by atoms with Gasteiger partial charge in [0.05, 0.1) is 12.7 Å². The lowest BCUT2D eigenvalue weighted by molar-refractivity contribution is -0.274. The number of nitrogens with zero attached hydrogens (tertiary/aromatic N) is 4. The number of hydrogen-bond acceptors (Lipinski definition) is 4. The van der Waals surface area contributed by atoms with E-state index in [4.69, 9.17) is 0 Å². The van der Waals surface area contributed by atoms with Gasteiger partial charge < -0.3 is 9.64 Å². The number of hydrogen-bond donors (Lipinski definition) is 0. The average molecular weight is 376 g/mol. The van der Waals surface area contributed by atoms with Crippen molar-refractivity contribution in [2.24, 2.45) is 0 Å². The number of para-hydroxylation sites is 1. The van der Waals surface area contributed by atoms with E-state index in [0.29, 0.717) is 5.39 Å². The molecule has 5 nitrogen and oxygen atoms in total. The zero-order valence-corrected chi connectivity index (χ0v) is 14.6. The molecule has 3 aromatic rings. The van der Waals surface area contributed by atoms with Gasteiger partial charge in [0.2, 0.25) is 0 Å². The maximum atomic E-state index is 12.6. The first-order valence-corrected chi connectivity index (χ1v) is 8.88. The predicted molar refractivity (Wildman–Crippen MR) is 95.3 cm³/mol. The Balaban J connectivity index is 1.61. The molecule has 1 saturated heterocycles. The fraction of sp³-hybridized carbons (Fsp3) is 0.368. The third kappa shape index (κ3) is 4.05. The minimum Gasteiger partial charge on any atom is -0.403 e. The molecule has 8 heteroatoms. The first kappa shape index (κ1) is 17.8. The highest BCUT2D eigenvalue weighted by Gasteiger charge is 2.32. The van der Waals surface area contributed by atoms with Gasteiger partial charge >= 0.3 is 6.36 Å². The van der Waals surface area contributed by atoms with E-state index < -0.39 is 6.36 Å². The monoisotopic (exact) mass is 376 g/mol. The molecule has 3 heterocycles. The highest BCUT2D eigenvalue weighted by Crippen LogP contribution is 2.34. The van der Waals surface area contributed by atoms with E-state index in [1.807, 2.05) is 10.9 Å². The average Bonchev–Trinajstić information content (AvgIpc) is 3.30. The smallest absolute Gasteiger partial charge is 0.403 e. The largest absolute Gasteiger partial charge is 0.573 e. The third-order valence-electron chi connectivity index (χ3n) is 4.75. The highest BCUT2D eigenvalue weighted by atomic mass is 19.4. The Hall–Kier alpha value is -2.61. The van der Waals surface area contributed by atoms with Crippen molar-refractivity contribution in [2.75, 3.05) is 19.6 Å². The van der Waals surface area contributed by atoms with Crippen LogP contribution >= 0.6 is 0 Å². The SMILES string of the molecule is FC(F)(F)Oc1cccc2c(-c3cnn(CCN4CCCC4)c3)ccnc12. The summed E-state index contributed by atoms with van der Waals surface area (Å²) < 4.78 is 43.9. The van der Waals surface area contributed by atoms with Gasteiger partial charge in [0, 0.05) is 29.9 Å². The summed E-state index contributed by atoms with van der Waals surface area (Å²) in [4.78, 5) is 6.49. The molecule has 0 spiro atoms. The summed E-state index contributed by atoms with van der Waals surface area (Å²) in [6.45, 7) is 3.99. The van der Waals surface area contributed by atoms with Crippen molar-refractivity contribution in [1.82, 2.24) is 19.7 Å². The minimum absolute atomic E-state index is 0.178. The van der Waals surface area contributed by atoms with Gasteiger partial charge in [-0.2, -0.15) is 5.10 Å². The molecule has 1 aliphatic rings. The van der Waals surface area contributed by atoms with Gasteiger partial charge in [0.1, 0.15) is 5.52 Å². The van der Waals surface area contributed by atoms with Crippen LogP contribution in [0.15, 0.2) is 42.9 Å². The molecule has 0 amide bonds. The molecule has 0 saturated carbocycles. The van der Waals surface area contributed by atoms with Crippen LogP contribution in [0.3, 0.4) is 0 Å². The molecule has 2 aromatic heterocycles. The van der Waals surface area contributed by atoms with Gasteiger partial charge in [-0.3, -0.25) is 9.67 Å². The van der Waals surface area contributed by atoms with Crippen LogP contribution in [-0.4, -0.2) is 45.7 Å². The Morgan fingerprint density at radius 3 is 2.67 bits per heavy atom. The summed E-state index contributed by atoms with van der Waals surface area (Å²) in [6, 6.07) is 6.32. The topological polar surface area (TPSA) is 43.2 Å².